The van der Waals surface area contributed by atoms with E-state index in [1.54, 1.807) is 11.7 Å². The number of hydrogen-bond donors (Lipinski definition) is 1. The van der Waals surface area contributed by atoms with E-state index in [1.807, 2.05) is 60.7 Å². The number of fused-ring (bicyclic) bond motifs is 1. The first kappa shape index (κ1) is 20.8. The van der Waals surface area contributed by atoms with Gasteiger partial charge in [0.25, 0.3) is 5.56 Å². The second-order valence-electron chi connectivity index (χ2n) is 7.24. The van der Waals surface area contributed by atoms with Gasteiger partial charge in [-0.25, -0.2) is 4.98 Å². The van der Waals surface area contributed by atoms with Crippen LogP contribution >= 0.6 is 11.3 Å². The van der Waals surface area contributed by atoms with Gasteiger partial charge in [0.2, 0.25) is 5.91 Å². The van der Waals surface area contributed by atoms with Crippen LogP contribution in [0.15, 0.2) is 65.5 Å². The van der Waals surface area contributed by atoms with E-state index in [4.69, 9.17) is 15.5 Å². The smallest absolute Gasteiger partial charge is 0.262 e. The van der Waals surface area contributed by atoms with Crippen molar-refractivity contribution in [3.05, 3.63) is 82.4 Å². The van der Waals surface area contributed by atoms with E-state index < -0.39 is 0 Å². The first-order valence-electron chi connectivity index (χ1n) is 10.1. The average molecular weight is 434 g/mol. The molecule has 0 fully saturated rings. The molecule has 0 saturated heterocycles. The molecule has 0 aliphatic heterocycles. The molecule has 1 amide bonds. The Labute approximate surface area is 183 Å². The molecule has 0 spiro atoms. The molecular weight excluding hydrogens is 410 g/mol. The predicted molar refractivity (Wildman–Crippen MR) is 124 cm³/mol. The van der Waals surface area contributed by atoms with Gasteiger partial charge in [0.15, 0.2) is 0 Å². The number of amides is 1. The predicted octanol–water partition coefficient (Wildman–Crippen LogP) is 3.99. The molecule has 4 rings (SSSR count). The number of nitrogens with two attached hydrogens (primary N) is 1. The zero-order chi connectivity index (χ0) is 21.8. The number of benzene rings is 2. The molecule has 2 N–H and O–H groups in total. The number of rotatable bonds is 8. The summed E-state index contributed by atoms with van der Waals surface area (Å²) >= 11 is 1.51. The van der Waals surface area contributed by atoms with Gasteiger partial charge in [-0.05, 0) is 24.1 Å². The molecule has 0 saturated carbocycles. The number of methoxy groups -OCH3 is 1. The number of para-hydroxylation sites is 1. The maximum absolute atomic E-state index is 13.4. The minimum Gasteiger partial charge on any atom is -0.496 e. The van der Waals surface area contributed by atoms with Gasteiger partial charge in [-0.1, -0.05) is 48.5 Å². The molecule has 2 aromatic carbocycles. The van der Waals surface area contributed by atoms with Crippen molar-refractivity contribution in [1.29, 1.82) is 0 Å². The Morgan fingerprint density at radius 3 is 2.61 bits per heavy atom. The topological polar surface area (TPSA) is 87.2 Å². The Hall–Kier alpha value is -3.45. The van der Waals surface area contributed by atoms with Crippen molar-refractivity contribution in [3.8, 4) is 16.2 Å². The van der Waals surface area contributed by atoms with Gasteiger partial charge >= 0.3 is 0 Å². The molecule has 0 aliphatic rings. The van der Waals surface area contributed by atoms with Gasteiger partial charge in [-0.2, -0.15) is 0 Å². The Morgan fingerprint density at radius 2 is 1.87 bits per heavy atom. The first-order valence-corrected chi connectivity index (χ1v) is 10.9. The van der Waals surface area contributed by atoms with Crippen LogP contribution < -0.4 is 16.0 Å². The van der Waals surface area contributed by atoms with Crippen LogP contribution in [-0.4, -0.2) is 22.6 Å². The number of hydrogen-bond acceptors (Lipinski definition) is 5. The van der Waals surface area contributed by atoms with Gasteiger partial charge in [-0.15, -0.1) is 11.3 Å². The van der Waals surface area contributed by atoms with Crippen LogP contribution in [-0.2, 0) is 17.8 Å². The van der Waals surface area contributed by atoms with Crippen molar-refractivity contribution < 1.29 is 9.53 Å². The summed E-state index contributed by atoms with van der Waals surface area (Å²) in [5.74, 6) is 1.01. The Bertz CT molecular complexity index is 1280. The van der Waals surface area contributed by atoms with Crippen molar-refractivity contribution in [2.24, 2.45) is 5.73 Å². The lowest BCUT2D eigenvalue weighted by molar-refractivity contribution is -0.118. The lowest BCUT2D eigenvalue weighted by Gasteiger charge is -2.14. The second kappa shape index (κ2) is 9.14. The maximum Gasteiger partial charge on any atom is 0.262 e. The Balaban J connectivity index is 1.81. The number of nitrogens with zero attached hydrogens (tertiary/aromatic N) is 2. The third-order valence-electron chi connectivity index (χ3n) is 5.13. The molecule has 7 heteroatoms. The van der Waals surface area contributed by atoms with Crippen molar-refractivity contribution in [2.45, 2.75) is 25.8 Å². The Kier molecular flexibility index (Phi) is 6.13. The normalized spacial score (nSPS) is 11.0. The molecule has 2 aromatic heterocycles. The fraction of sp³-hybridized carbons (Fsp3) is 0.208. The van der Waals surface area contributed by atoms with E-state index in [9.17, 15) is 9.59 Å². The van der Waals surface area contributed by atoms with Crippen LogP contribution in [0.2, 0.25) is 0 Å². The minimum atomic E-state index is -0.379. The standard InChI is InChI=1S/C24H23N3O3S/c1-30-19-11-6-5-10-17(19)14-22-26-23-18(24(29)27(22)13-7-12-21(25)28)15-20(31-23)16-8-3-2-4-9-16/h2-6,8-11,15H,7,12-14H2,1H3,(H2,25,28). The van der Waals surface area contributed by atoms with Gasteiger partial charge in [0.05, 0.1) is 12.5 Å². The molecular formula is C24H23N3O3S. The van der Waals surface area contributed by atoms with Crippen molar-refractivity contribution in [3.63, 3.8) is 0 Å². The number of primary amides is 1. The van der Waals surface area contributed by atoms with Crippen molar-refractivity contribution in [2.75, 3.05) is 7.11 Å². The summed E-state index contributed by atoms with van der Waals surface area (Å²) in [5.41, 5.74) is 7.19. The zero-order valence-corrected chi connectivity index (χ0v) is 18.0. The highest BCUT2D eigenvalue weighted by Crippen LogP contribution is 2.31. The monoisotopic (exact) mass is 433 g/mol. The number of thiophene rings is 1. The maximum atomic E-state index is 13.4. The molecule has 31 heavy (non-hydrogen) atoms. The fourth-order valence-electron chi connectivity index (χ4n) is 3.60. The quantitative estimate of drug-likeness (QED) is 0.455. The van der Waals surface area contributed by atoms with E-state index >= 15 is 0 Å². The summed E-state index contributed by atoms with van der Waals surface area (Å²) in [5, 5.41) is 0.590. The van der Waals surface area contributed by atoms with Crippen LogP contribution in [0.4, 0.5) is 0 Å². The summed E-state index contributed by atoms with van der Waals surface area (Å²) in [7, 11) is 1.63. The average Bonchev–Trinajstić information content (AvgIpc) is 3.21. The molecule has 6 nitrogen and oxygen atoms in total. The van der Waals surface area contributed by atoms with E-state index in [0.717, 1.165) is 21.8 Å². The van der Waals surface area contributed by atoms with Gasteiger partial charge in [0.1, 0.15) is 16.4 Å². The van der Waals surface area contributed by atoms with E-state index in [-0.39, 0.29) is 17.9 Å². The molecule has 0 unspecified atom stereocenters. The largest absolute Gasteiger partial charge is 0.496 e. The van der Waals surface area contributed by atoms with Gasteiger partial charge in [-0.3, -0.25) is 14.2 Å². The van der Waals surface area contributed by atoms with Crippen molar-refractivity contribution >= 4 is 27.5 Å². The number of ether oxygens (including phenoxy) is 1. The SMILES string of the molecule is COc1ccccc1Cc1nc2sc(-c3ccccc3)cc2c(=O)n1CCCC(N)=O. The fourth-order valence-corrected chi connectivity index (χ4v) is 4.65. The van der Waals surface area contributed by atoms with Crippen LogP contribution in [0.3, 0.4) is 0 Å². The number of carbonyl (C=O) groups is 1. The highest BCUT2D eigenvalue weighted by atomic mass is 32.1. The summed E-state index contributed by atoms with van der Waals surface area (Å²) in [6.07, 6.45) is 1.15. The van der Waals surface area contributed by atoms with Gasteiger partial charge in [0, 0.05) is 29.8 Å². The molecule has 0 aliphatic carbocycles. The van der Waals surface area contributed by atoms with Crippen LogP contribution in [0.25, 0.3) is 20.7 Å². The summed E-state index contributed by atoms with van der Waals surface area (Å²) in [6, 6.07) is 19.6. The molecule has 0 atom stereocenters. The molecule has 158 valence electrons. The minimum absolute atomic E-state index is 0.0993. The summed E-state index contributed by atoms with van der Waals surface area (Å²) in [6.45, 7) is 0.381. The highest BCUT2D eigenvalue weighted by molar-refractivity contribution is 7.21. The van der Waals surface area contributed by atoms with Gasteiger partial charge < -0.3 is 10.5 Å². The zero-order valence-electron chi connectivity index (χ0n) is 17.2. The van der Waals surface area contributed by atoms with Crippen LogP contribution in [0.5, 0.6) is 5.75 Å². The lowest BCUT2D eigenvalue weighted by Crippen LogP contribution is -2.26. The molecule has 0 radical (unpaired) electrons. The molecule has 4 aromatic rings. The molecule has 2 heterocycles. The summed E-state index contributed by atoms with van der Waals surface area (Å²) in [4.78, 5) is 31.2. The third kappa shape index (κ3) is 4.51. The summed E-state index contributed by atoms with van der Waals surface area (Å²) < 4.78 is 7.14. The van der Waals surface area contributed by atoms with E-state index in [1.165, 1.54) is 11.3 Å². The van der Waals surface area contributed by atoms with Crippen LogP contribution in [0.1, 0.15) is 24.2 Å². The highest BCUT2D eigenvalue weighted by Gasteiger charge is 2.16. The number of aromatic nitrogens is 2. The van der Waals surface area contributed by atoms with Crippen molar-refractivity contribution in [1.82, 2.24) is 9.55 Å². The third-order valence-corrected chi connectivity index (χ3v) is 6.21. The first-order chi connectivity index (χ1) is 15.1. The lowest BCUT2D eigenvalue weighted by atomic mass is 10.1. The Morgan fingerprint density at radius 1 is 1.13 bits per heavy atom. The van der Waals surface area contributed by atoms with E-state index in [2.05, 4.69) is 0 Å². The van der Waals surface area contributed by atoms with E-state index in [0.29, 0.717) is 35.4 Å². The second-order valence-corrected chi connectivity index (χ2v) is 8.27. The molecule has 0 bridgehead atoms. The van der Waals surface area contributed by atoms with Crippen LogP contribution in [0, 0.1) is 0 Å². The number of carbonyl (C=O) groups excluding carboxylic acids is 1.